The van der Waals surface area contributed by atoms with Gasteiger partial charge in [-0.25, -0.2) is 4.98 Å². The van der Waals surface area contributed by atoms with Gasteiger partial charge in [0.2, 0.25) is 0 Å². The number of anilines is 1. The summed E-state index contributed by atoms with van der Waals surface area (Å²) in [6, 6.07) is 26.9. The van der Waals surface area contributed by atoms with Gasteiger partial charge in [0, 0.05) is 23.2 Å². The van der Waals surface area contributed by atoms with Gasteiger partial charge >= 0.3 is 0 Å². The monoisotopic (exact) mass is 506 g/mol. The Kier molecular flexibility index (Phi) is 9.02. The summed E-state index contributed by atoms with van der Waals surface area (Å²) in [5.41, 5.74) is 4.99. The van der Waals surface area contributed by atoms with Crippen LogP contribution in [-0.2, 0) is 23.8 Å². The van der Waals surface area contributed by atoms with E-state index in [1.165, 1.54) is 12.1 Å². The van der Waals surface area contributed by atoms with E-state index in [1.807, 2.05) is 43.3 Å². The fourth-order valence-electron chi connectivity index (χ4n) is 3.55. The molecule has 8 heteroatoms. The molecule has 1 N–H and O–H groups in total. The summed E-state index contributed by atoms with van der Waals surface area (Å²) in [5, 5.41) is 4.46. The Bertz CT molecular complexity index is 1360. The van der Waals surface area contributed by atoms with Gasteiger partial charge in [0.25, 0.3) is 10.1 Å². The van der Waals surface area contributed by atoms with E-state index in [0.717, 1.165) is 33.4 Å². The van der Waals surface area contributed by atoms with E-state index >= 15 is 0 Å². The Morgan fingerprint density at radius 2 is 1.44 bits per heavy atom. The Hall–Kier alpha value is -3.30. The maximum Gasteiger partial charge on any atom is 0.297 e. The van der Waals surface area contributed by atoms with Gasteiger partial charge < -0.3 is 14.8 Å². The Balaban J connectivity index is 1.08. The molecular weight excluding hydrogens is 476 g/mol. The molecule has 0 fully saturated rings. The number of aryl methyl sites for hydroxylation is 1. The van der Waals surface area contributed by atoms with Crippen LogP contribution in [0.15, 0.2) is 89.8 Å². The number of fused-ring (bicyclic) bond motifs is 1. The largest absolute Gasteiger partial charge is 0.383 e. The smallest absolute Gasteiger partial charge is 0.297 e. The molecule has 36 heavy (non-hydrogen) atoms. The Morgan fingerprint density at radius 1 is 0.750 bits per heavy atom. The third-order valence-corrected chi connectivity index (χ3v) is 6.83. The third-order valence-electron chi connectivity index (χ3n) is 5.50. The van der Waals surface area contributed by atoms with Gasteiger partial charge in [-0.2, -0.15) is 8.42 Å². The van der Waals surface area contributed by atoms with Gasteiger partial charge in [-0.1, -0.05) is 54.1 Å². The molecule has 0 bridgehead atoms. The second kappa shape index (κ2) is 12.6. The number of nitrogens with one attached hydrogen (secondary N) is 1. The number of aromatic nitrogens is 1. The van der Waals surface area contributed by atoms with Crippen molar-refractivity contribution in [3.8, 4) is 11.3 Å². The second-order valence-electron chi connectivity index (χ2n) is 8.21. The molecule has 7 nitrogen and oxygen atoms in total. The highest BCUT2D eigenvalue weighted by molar-refractivity contribution is 7.86. The SMILES string of the molecule is Cc1ccc(S(=O)(=O)OCCOCCOCCNc2ccc(-c3ccc4ccccc4n3)cc2)cc1. The van der Waals surface area contributed by atoms with Crippen LogP contribution in [0.4, 0.5) is 5.69 Å². The molecule has 0 radical (unpaired) electrons. The fourth-order valence-corrected chi connectivity index (χ4v) is 4.44. The maximum atomic E-state index is 12.1. The van der Waals surface area contributed by atoms with Crippen molar-refractivity contribution in [3.63, 3.8) is 0 Å². The summed E-state index contributed by atoms with van der Waals surface area (Å²) in [6.45, 7) is 3.99. The van der Waals surface area contributed by atoms with Crippen molar-refractivity contribution in [3.05, 3.63) is 90.5 Å². The van der Waals surface area contributed by atoms with Crippen LogP contribution in [0.2, 0.25) is 0 Å². The van der Waals surface area contributed by atoms with E-state index in [4.69, 9.17) is 18.6 Å². The Morgan fingerprint density at radius 3 is 2.22 bits per heavy atom. The number of pyridine rings is 1. The molecule has 1 heterocycles. The Labute approximate surface area is 212 Å². The van der Waals surface area contributed by atoms with Crippen molar-refractivity contribution in [1.82, 2.24) is 4.98 Å². The highest BCUT2D eigenvalue weighted by atomic mass is 32.2. The molecule has 188 valence electrons. The molecule has 0 aliphatic rings. The van der Waals surface area contributed by atoms with Crippen LogP contribution in [0.25, 0.3) is 22.2 Å². The van der Waals surface area contributed by atoms with Crippen molar-refractivity contribution in [2.45, 2.75) is 11.8 Å². The summed E-state index contributed by atoms with van der Waals surface area (Å²) in [4.78, 5) is 4.88. The number of ether oxygens (including phenoxy) is 2. The molecular formula is C28H30N2O5S. The first-order valence-electron chi connectivity index (χ1n) is 11.8. The van der Waals surface area contributed by atoms with Gasteiger partial charge in [-0.3, -0.25) is 4.18 Å². The van der Waals surface area contributed by atoms with E-state index in [1.54, 1.807) is 12.1 Å². The number of benzene rings is 3. The van der Waals surface area contributed by atoms with Crippen molar-refractivity contribution < 1.29 is 22.1 Å². The van der Waals surface area contributed by atoms with E-state index in [2.05, 4.69) is 29.6 Å². The molecule has 0 saturated carbocycles. The highest BCUT2D eigenvalue weighted by Crippen LogP contribution is 2.22. The first-order valence-corrected chi connectivity index (χ1v) is 13.2. The third kappa shape index (κ3) is 7.35. The fraction of sp³-hybridized carbons (Fsp3) is 0.250. The number of rotatable bonds is 13. The normalized spacial score (nSPS) is 11.6. The molecule has 0 saturated heterocycles. The number of hydrogen-bond donors (Lipinski definition) is 1. The lowest BCUT2D eigenvalue weighted by Gasteiger charge is -2.09. The van der Waals surface area contributed by atoms with Crippen molar-refractivity contribution in [2.75, 3.05) is 44.9 Å². The minimum atomic E-state index is -3.76. The highest BCUT2D eigenvalue weighted by Gasteiger charge is 2.14. The van der Waals surface area contributed by atoms with Gasteiger partial charge in [0.1, 0.15) is 0 Å². The zero-order valence-electron chi connectivity index (χ0n) is 20.2. The van der Waals surface area contributed by atoms with Crippen molar-refractivity contribution in [1.29, 1.82) is 0 Å². The van der Waals surface area contributed by atoms with Crippen LogP contribution in [0.5, 0.6) is 0 Å². The van der Waals surface area contributed by atoms with Gasteiger partial charge in [-0.05, 0) is 43.3 Å². The lowest BCUT2D eigenvalue weighted by atomic mass is 10.1. The molecule has 0 amide bonds. The van der Waals surface area contributed by atoms with Crippen molar-refractivity contribution in [2.24, 2.45) is 0 Å². The molecule has 0 atom stereocenters. The minimum Gasteiger partial charge on any atom is -0.383 e. The second-order valence-corrected chi connectivity index (χ2v) is 9.82. The predicted molar refractivity (Wildman–Crippen MR) is 142 cm³/mol. The standard InChI is InChI=1S/C28H30N2O5S/c1-22-6-13-26(14-7-22)36(31,32)35-21-20-34-19-18-33-17-16-29-25-11-8-24(9-12-25)28-15-10-23-4-2-3-5-27(23)30-28/h2-15,29H,16-21H2,1H3. The molecule has 4 rings (SSSR count). The molecule has 1 aromatic heterocycles. The quantitative estimate of drug-likeness (QED) is 0.200. The number of para-hydroxylation sites is 1. The molecule has 4 aromatic rings. The van der Waals surface area contributed by atoms with Crippen LogP contribution in [-0.4, -0.2) is 53.0 Å². The molecule has 0 aliphatic carbocycles. The van der Waals surface area contributed by atoms with E-state index < -0.39 is 10.1 Å². The van der Waals surface area contributed by atoms with Gasteiger partial charge in [-0.15, -0.1) is 0 Å². The zero-order valence-corrected chi connectivity index (χ0v) is 21.0. The lowest BCUT2D eigenvalue weighted by molar-refractivity contribution is 0.0403. The first kappa shape index (κ1) is 25.8. The molecule has 0 unspecified atom stereocenters. The first-order chi connectivity index (χ1) is 17.5. The number of hydrogen-bond acceptors (Lipinski definition) is 7. The van der Waals surface area contributed by atoms with E-state index in [9.17, 15) is 8.42 Å². The van der Waals surface area contributed by atoms with Crippen LogP contribution in [0.3, 0.4) is 0 Å². The minimum absolute atomic E-state index is 0.0392. The summed E-state index contributed by atoms with van der Waals surface area (Å²) in [5.74, 6) is 0. The van der Waals surface area contributed by atoms with Crippen LogP contribution in [0.1, 0.15) is 5.56 Å². The van der Waals surface area contributed by atoms with Gasteiger partial charge in [0.05, 0.1) is 49.1 Å². The summed E-state index contributed by atoms with van der Waals surface area (Å²) in [7, 11) is -3.76. The van der Waals surface area contributed by atoms with Crippen LogP contribution >= 0.6 is 0 Å². The lowest BCUT2D eigenvalue weighted by Crippen LogP contribution is -2.15. The van der Waals surface area contributed by atoms with Crippen LogP contribution < -0.4 is 5.32 Å². The summed E-state index contributed by atoms with van der Waals surface area (Å²) >= 11 is 0. The zero-order chi connectivity index (χ0) is 25.2. The number of nitrogens with zero attached hydrogens (tertiary/aromatic N) is 1. The maximum absolute atomic E-state index is 12.1. The van der Waals surface area contributed by atoms with E-state index in [-0.39, 0.29) is 18.1 Å². The van der Waals surface area contributed by atoms with Gasteiger partial charge in [0.15, 0.2) is 0 Å². The summed E-state index contributed by atoms with van der Waals surface area (Å²) < 4.78 is 40.1. The van der Waals surface area contributed by atoms with Crippen molar-refractivity contribution >= 4 is 26.7 Å². The predicted octanol–water partition coefficient (Wildman–Crippen LogP) is 5.06. The van der Waals surface area contributed by atoms with Crippen LogP contribution in [0, 0.1) is 6.92 Å². The van der Waals surface area contributed by atoms with E-state index in [0.29, 0.717) is 26.4 Å². The molecule has 0 spiro atoms. The average molecular weight is 507 g/mol. The topological polar surface area (TPSA) is 86.8 Å². The molecule has 0 aliphatic heterocycles. The molecule has 3 aromatic carbocycles. The average Bonchev–Trinajstić information content (AvgIpc) is 2.90. The summed E-state index contributed by atoms with van der Waals surface area (Å²) in [6.07, 6.45) is 0.